The summed E-state index contributed by atoms with van der Waals surface area (Å²) in [4.78, 5) is 11.0. The van der Waals surface area contributed by atoms with E-state index >= 15 is 0 Å². The molecule has 0 aliphatic carbocycles. The summed E-state index contributed by atoms with van der Waals surface area (Å²) in [6.07, 6.45) is 0. The number of rotatable bonds is 4. The Balaban J connectivity index is 2.55. The summed E-state index contributed by atoms with van der Waals surface area (Å²) < 4.78 is 30.0. The topological polar surface area (TPSA) is 38.3 Å². The molecule has 16 heavy (non-hydrogen) atoms. The van der Waals surface area contributed by atoms with Crippen LogP contribution in [0.3, 0.4) is 0 Å². The summed E-state index contributed by atoms with van der Waals surface area (Å²) in [5, 5.41) is 2.83. The Hall–Kier alpha value is -1.49. The monoisotopic (exact) mass is 229 g/mol. The summed E-state index contributed by atoms with van der Waals surface area (Å²) >= 11 is 0. The highest BCUT2D eigenvalue weighted by atomic mass is 19.2. The Kier molecular flexibility index (Phi) is 4.37. The number of halogens is 2. The third-order valence-corrected chi connectivity index (χ3v) is 2.15. The van der Waals surface area contributed by atoms with Crippen molar-refractivity contribution in [2.45, 2.75) is 19.5 Å². The zero-order valence-electron chi connectivity index (χ0n) is 9.09. The lowest BCUT2D eigenvalue weighted by molar-refractivity contribution is -0.142. The molecule has 0 saturated heterocycles. The number of esters is 1. The number of nitrogens with one attached hydrogen (secondary N) is 1. The quantitative estimate of drug-likeness (QED) is 0.797. The fraction of sp³-hybridized carbons (Fsp3) is 0.364. The van der Waals surface area contributed by atoms with Gasteiger partial charge in [-0.3, -0.25) is 4.79 Å². The van der Waals surface area contributed by atoms with E-state index in [0.717, 1.165) is 12.1 Å². The average Bonchev–Trinajstić information content (AvgIpc) is 2.29. The van der Waals surface area contributed by atoms with Crippen LogP contribution < -0.4 is 5.32 Å². The van der Waals surface area contributed by atoms with Gasteiger partial charge in [0.25, 0.3) is 0 Å². The van der Waals surface area contributed by atoms with E-state index in [1.54, 1.807) is 6.92 Å². The third kappa shape index (κ3) is 3.27. The van der Waals surface area contributed by atoms with Crippen molar-refractivity contribution in [2.24, 2.45) is 0 Å². The number of ether oxygens (including phenoxy) is 1. The van der Waals surface area contributed by atoms with Gasteiger partial charge in [0, 0.05) is 6.54 Å². The molecule has 0 radical (unpaired) electrons. The number of carbonyl (C=O) groups is 1. The second-order valence-corrected chi connectivity index (χ2v) is 3.37. The molecule has 0 amide bonds. The molecule has 0 unspecified atom stereocenters. The first kappa shape index (κ1) is 12.6. The molecule has 3 nitrogen and oxygen atoms in total. The Bertz CT molecular complexity index is 382. The van der Waals surface area contributed by atoms with Crippen molar-refractivity contribution in [3.63, 3.8) is 0 Å². The van der Waals surface area contributed by atoms with Crippen LogP contribution >= 0.6 is 0 Å². The van der Waals surface area contributed by atoms with Crippen LogP contribution in [0, 0.1) is 11.6 Å². The van der Waals surface area contributed by atoms with Gasteiger partial charge in [0.05, 0.1) is 7.11 Å². The smallest absolute Gasteiger partial charge is 0.322 e. The molecule has 1 atom stereocenters. The summed E-state index contributed by atoms with van der Waals surface area (Å²) in [5.74, 6) is -2.18. The lowest BCUT2D eigenvalue weighted by atomic mass is 10.2. The molecule has 5 heteroatoms. The van der Waals surface area contributed by atoms with Gasteiger partial charge in [0.15, 0.2) is 11.6 Å². The SMILES string of the molecule is COC(=O)[C@H](C)NCc1ccc(F)c(F)c1. The van der Waals surface area contributed by atoms with Gasteiger partial charge < -0.3 is 10.1 Å². The normalized spacial score (nSPS) is 12.2. The largest absolute Gasteiger partial charge is 0.468 e. The molecule has 1 aromatic rings. The zero-order chi connectivity index (χ0) is 12.1. The molecule has 1 aromatic carbocycles. The van der Waals surface area contributed by atoms with E-state index in [9.17, 15) is 13.6 Å². The Morgan fingerprint density at radius 1 is 1.44 bits per heavy atom. The lowest BCUT2D eigenvalue weighted by Gasteiger charge is -2.11. The number of hydrogen-bond donors (Lipinski definition) is 1. The maximum atomic E-state index is 12.8. The van der Waals surface area contributed by atoms with Crippen molar-refractivity contribution in [2.75, 3.05) is 7.11 Å². The highest BCUT2D eigenvalue weighted by Crippen LogP contribution is 2.08. The van der Waals surface area contributed by atoms with Crippen molar-refractivity contribution in [3.05, 3.63) is 35.4 Å². The van der Waals surface area contributed by atoms with Crippen molar-refractivity contribution in [1.29, 1.82) is 0 Å². The van der Waals surface area contributed by atoms with Crippen molar-refractivity contribution >= 4 is 5.97 Å². The van der Waals surface area contributed by atoms with Crippen molar-refractivity contribution in [3.8, 4) is 0 Å². The minimum absolute atomic E-state index is 0.271. The molecule has 0 bridgehead atoms. The van der Waals surface area contributed by atoms with Crippen LogP contribution in [0.25, 0.3) is 0 Å². The third-order valence-electron chi connectivity index (χ3n) is 2.15. The van der Waals surface area contributed by atoms with E-state index in [-0.39, 0.29) is 6.54 Å². The Morgan fingerprint density at radius 2 is 2.12 bits per heavy atom. The predicted molar refractivity (Wildman–Crippen MR) is 54.7 cm³/mol. The summed E-state index contributed by atoms with van der Waals surface area (Å²) in [6.45, 7) is 1.90. The fourth-order valence-corrected chi connectivity index (χ4v) is 1.18. The molecule has 0 aliphatic heterocycles. The van der Waals surface area contributed by atoms with E-state index in [0.29, 0.717) is 5.56 Å². The molecule has 0 heterocycles. The van der Waals surface area contributed by atoms with E-state index < -0.39 is 23.6 Å². The van der Waals surface area contributed by atoms with Gasteiger partial charge >= 0.3 is 5.97 Å². The van der Waals surface area contributed by atoms with E-state index in [1.807, 2.05) is 0 Å². The number of benzene rings is 1. The summed E-state index contributed by atoms with van der Waals surface area (Å²) in [5.41, 5.74) is 0.564. The van der Waals surface area contributed by atoms with Crippen LogP contribution in [0.15, 0.2) is 18.2 Å². The minimum atomic E-state index is -0.898. The Labute approximate surface area is 92.4 Å². The number of hydrogen-bond acceptors (Lipinski definition) is 3. The van der Waals surface area contributed by atoms with Crippen LogP contribution in [0.1, 0.15) is 12.5 Å². The number of carbonyl (C=O) groups excluding carboxylic acids is 1. The maximum Gasteiger partial charge on any atom is 0.322 e. The van der Waals surface area contributed by atoms with Crippen LogP contribution in [0.5, 0.6) is 0 Å². The van der Waals surface area contributed by atoms with Crippen LogP contribution in [0.4, 0.5) is 8.78 Å². The van der Waals surface area contributed by atoms with Crippen LogP contribution in [0.2, 0.25) is 0 Å². The molecular weight excluding hydrogens is 216 g/mol. The Morgan fingerprint density at radius 3 is 2.69 bits per heavy atom. The standard InChI is InChI=1S/C11H13F2NO2/c1-7(11(15)16-2)14-6-8-3-4-9(12)10(13)5-8/h3-5,7,14H,6H2,1-2H3/t7-/m0/s1. The van der Waals surface area contributed by atoms with Crippen LogP contribution in [-0.4, -0.2) is 19.1 Å². The van der Waals surface area contributed by atoms with Gasteiger partial charge in [-0.05, 0) is 24.6 Å². The molecule has 0 saturated carbocycles. The molecule has 1 N–H and O–H groups in total. The summed E-state index contributed by atoms with van der Waals surface area (Å²) in [7, 11) is 1.29. The average molecular weight is 229 g/mol. The number of methoxy groups -OCH3 is 1. The second-order valence-electron chi connectivity index (χ2n) is 3.37. The van der Waals surface area contributed by atoms with Crippen molar-refractivity contribution < 1.29 is 18.3 Å². The van der Waals surface area contributed by atoms with Gasteiger partial charge in [-0.2, -0.15) is 0 Å². The van der Waals surface area contributed by atoms with Gasteiger partial charge in [-0.1, -0.05) is 6.07 Å². The second kappa shape index (κ2) is 5.55. The molecule has 1 rings (SSSR count). The minimum Gasteiger partial charge on any atom is -0.468 e. The lowest BCUT2D eigenvalue weighted by Crippen LogP contribution is -2.34. The maximum absolute atomic E-state index is 12.8. The summed E-state index contributed by atoms with van der Waals surface area (Å²) in [6, 6.07) is 3.11. The van der Waals surface area contributed by atoms with Crippen molar-refractivity contribution in [1.82, 2.24) is 5.32 Å². The van der Waals surface area contributed by atoms with Gasteiger partial charge in [0.1, 0.15) is 6.04 Å². The first-order valence-electron chi connectivity index (χ1n) is 4.79. The van der Waals surface area contributed by atoms with Gasteiger partial charge in [-0.15, -0.1) is 0 Å². The van der Waals surface area contributed by atoms with Crippen LogP contribution in [-0.2, 0) is 16.1 Å². The molecule has 0 fully saturated rings. The van der Waals surface area contributed by atoms with E-state index in [4.69, 9.17) is 0 Å². The van der Waals surface area contributed by atoms with Gasteiger partial charge in [0.2, 0.25) is 0 Å². The first-order valence-corrected chi connectivity index (χ1v) is 4.79. The molecule has 0 spiro atoms. The zero-order valence-corrected chi connectivity index (χ0v) is 9.09. The molecule has 88 valence electrons. The molecule has 0 aromatic heterocycles. The van der Waals surface area contributed by atoms with E-state index in [2.05, 4.69) is 10.1 Å². The first-order chi connectivity index (χ1) is 7.54. The fourth-order valence-electron chi connectivity index (χ4n) is 1.18. The van der Waals surface area contributed by atoms with Gasteiger partial charge in [-0.25, -0.2) is 8.78 Å². The molecular formula is C11H13F2NO2. The highest BCUT2D eigenvalue weighted by Gasteiger charge is 2.12. The molecule has 0 aliphatic rings. The highest BCUT2D eigenvalue weighted by molar-refractivity contribution is 5.75. The predicted octanol–water partition coefficient (Wildman–Crippen LogP) is 1.62. The van der Waals surface area contributed by atoms with E-state index in [1.165, 1.54) is 13.2 Å².